The van der Waals surface area contributed by atoms with Gasteiger partial charge in [-0.15, -0.1) is 0 Å². The second-order valence-corrected chi connectivity index (χ2v) is 14.0. The number of nitro groups is 2. The lowest BCUT2D eigenvalue weighted by molar-refractivity contribution is -0.385. The summed E-state index contributed by atoms with van der Waals surface area (Å²) in [7, 11) is 3.47. The molecule has 0 aliphatic rings. The van der Waals surface area contributed by atoms with Crippen molar-refractivity contribution in [3.05, 3.63) is 219 Å². The molecule has 2 aromatic heterocycles. The van der Waals surface area contributed by atoms with Crippen LogP contribution < -0.4 is 11.1 Å². The molecule has 0 spiro atoms. The van der Waals surface area contributed by atoms with Gasteiger partial charge >= 0.3 is 0 Å². The van der Waals surface area contributed by atoms with Gasteiger partial charge in [0, 0.05) is 67.7 Å². The van der Waals surface area contributed by atoms with Gasteiger partial charge in [0.25, 0.3) is 22.5 Å². The first kappa shape index (κ1) is 46.1. The number of non-ortho nitro benzene ring substituents is 1. The Kier molecular flexibility index (Phi) is 15.1. The first-order valence-electron chi connectivity index (χ1n) is 19.4. The monoisotopic (exact) mass is 856 g/mol. The number of Topliss-reactive ketones (excluding diaryl/α,β-unsaturated/α-hetero) is 2. The molecule has 64 heavy (non-hydrogen) atoms. The number of nitrogens with zero attached hydrogens (tertiary/aromatic N) is 8. The molecule has 4 aromatic carbocycles. The highest BCUT2D eigenvalue weighted by Crippen LogP contribution is 2.20. The Morgan fingerprint density at radius 2 is 1.03 bits per heavy atom. The quantitative estimate of drug-likeness (QED) is 0.0349. The highest BCUT2D eigenvalue weighted by Gasteiger charge is 2.22. The molecule has 0 radical (unpaired) electrons. The summed E-state index contributed by atoms with van der Waals surface area (Å²) in [5.41, 5.74) is 3.34. The highest BCUT2D eigenvalue weighted by atomic mass is 16.6. The molecule has 0 aliphatic heterocycles. The van der Waals surface area contributed by atoms with E-state index in [2.05, 4.69) is 0 Å². The first-order valence-corrected chi connectivity index (χ1v) is 19.4. The average molecular weight is 857 g/mol. The molecule has 0 saturated heterocycles. The van der Waals surface area contributed by atoms with Crippen molar-refractivity contribution in [1.82, 2.24) is 18.7 Å². The summed E-state index contributed by atoms with van der Waals surface area (Å²) >= 11 is 0. The number of aromatic nitrogens is 4. The minimum atomic E-state index is -0.509. The molecule has 16 heteroatoms. The number of allylic oxidation sites excluding steroid dienone is 6. The van der Waals surface area contributed by atoms with Crippen molar-refractivity contribution >= 4 is 35.1 Å². The van der Waals surface area contributed by atoms with Gasteiger partial charge in [-0.05, 0) is 80.1 Å². The molecule has 2 heterocycles. The maximum atomic E-state index is 13.0. The van der Waals surface area contributed by atoms with Crippen LogP contribution in [0.3, 0.4) is 0 Å². The zero-order valence-electron chi connectivity index (χ0n) is 35.1. The van der Waals surface area contributed by atoms with Crippen molar-refractivity contribution in [2.75, 3.05) is 0 Å². The van der Waals surface area contributed by atoms with E-state index in [0.29, 0.717) is 45.0 Å². The zero-order chi connectivity index (χ0) is 46.5. The maximum absolute atomic E-state index is 13.0. The molecule has 0 bridgehead atoms. The van der Waals surface area contributed by atoms with Crippen LogP contribution in [0.1, 0.15) is 33.6 Å². The van der Waals surface area contributed by atoms with Gasteiger partial charge in [-0.2, -0.15) is 10.5 Å². The largest absolute Gasteiger partial charge is 0.293 e. The minimum Gasteiger partial charge on any atom is -0.293 e. The third-order valence-corrected chi connectivity index (χ3v) is 10.2. The molecule has 320 valence electrons. The summed E-state index contributed by atoms with van der Waals surface area (Å²) in [5, 5.41) is 40.6. The van der Waals surface area contributed by atoms with Gasteiger partial charge in [-0.25, -0.2) is 9.36 Å². The van der Waals surface area contributed by atoms with E-state index >= 15 is 0 Å². The van der Waals surface area contributed by atoms with Gasteiger partial charge < -0.3 is 0 Å². The Hall–Kier alpha value is -9.02. The molecule has 0 aliphatic carbocycles. The number of nitro benzene ring substituents is 2. The van der Waals surface area contributed by atoms with Crippen LogP contribution in [0.5, 0.6) is 0 Å². The molecule has 0 saturated carbocycles. The van der Waals surface area contributed by atoms with Crippen molar-refractivity contribution in [1.29, 1.82) is 10.5 Å². The number of rotatable bonds is 14. The van der Waals surface area contributed by atoms with Crippen LogP contribution >= 0.6 is 0 Å². The molecular weight excluding hydrogens is 817 g/mol. The van der Waals surface area contributed by atoms with Crippen molar-refractivity contribution in [3.63, 3.8) is 0 Å². The fourth-order valence-electron chi connectivity index (χ4n) is 6.56. The van der Waals surface area contributed by atoms with Crippen LogP contribution in [-0.4, -0.2) is 40.1 Å². The number of benzene rings is 4. The molecule has 16 nitrogen and oxygen atoms in total. The van der Waals surface area contributed by atoms with E-state index in [1.165, 1.54) is 57.9 Å². The van der Waals surface area contributed by atoms with Crippen LogP contribution in [-0.2, 0) is 36.5 Å². The van der Waals surface area contributed by atoms with Gasteiger partial charge in [0.1, 0.15) is 12.1 Å². The molecule has 0 amide bonds. The SMILES string of the molecule is Cc1c(CC(=O)/C(C#N)=C/C=C/c2ccc([N+](=O)[O-])cc2)c(=O)n(-c2ccccc2)n1C.Cc1c(CC(=O)/C(C#N)=C/C=C/c2ccccc2[N+](=O)[O-])c(=O)n(-c2ccccc2)n1C. The van der Waals surface area contributed by atoms with Crippen molar-refractivity contribution in [2.24, 2.45) is 14.1 Å². The van der Waals surface area contributed by atoms with Gasteiger partial charge in [0.15, 0.2) is 11.6 Å². The Labute approximate surface area is 366 Å². The summed E-state index contributed by atoms with van der Waals surface area (Å²) in [6.07, 6.45) is 8.28. The fraction of sp³-hybridized carbons (Fsp3) is 0.125. The average Bonchev–Trinajstić information content (AvgIpc) is 3.64. The minimum absolute atomic E-state index is 0.0232. The lowest BCUT2D eigenvalue weighted by atomic mass is 10.0. The fourth-order valence-corrected chi connectivity index (χ4v) is 6.56. The van der Waals surface area contributed by atoms with E-state index < -0.39 is 21.4 Å². The van der Waals surface area contributed by atoms with E-state index in [4.69, 9.17) is 0 Å². The molecule has 6 rings (SSSR count). The number of carbonyl (C=O) groups is 2. The molecule has 0 atom stereocenters. The summed E-state index contributed by atoms with van der Waals surface area (Å²) in [6.45, 7) is 3.50. The number of hydrogen-bond donors (Lipinski definition) is 0. The molecule has 6 aromatic rings. The zero-order valence-corrected chi connectivity index (χ0v) is 35.1. The third kappa shape index (κ3) is 10.6. The molecular formula is C48H40N8O8. The molecule has 0 fully saturated rings. The first-order chi connectivity index (χ1) is 30.7. The highest BCUT2D eigenvalue weighted by molar-refractivity contribution is 6.01. The normalized spacial score (nSPS) is 11.5. The van der Waals surface area contributed by atoms with Crippen LogP contribution in [0.4, 0.5) is 11.4 Å². The second kappa shape index (κ2) is 21.0. The van der Waals surface area contributed by atoms with E-state index in [9.17, 15) is 49.9 Å². The molecule has 0 unspecified atom stereocenters. The van der Waals surface area contributed by atoms with Crippen LogP contribution in [0, 0.1) is 56.7 Å². The van der Waals surface area contributed by atoms with Crippen molar-refractivity contribution in [2.45, 2.75) is 26.7 Å². The predicted octanol–water partition coefficient (Wildman–Crippen LogP) is 7.34. The van der Waals surface area contributed by atoms with Gasteiger partial charge in [0.2, 0.25) is 0 Å². The predicted molar refractivity (Wildman–Crippen MR) is 241 cm³/mol. The third-order valence-electron chi connectivity index (χ3n) is 10.2. The summed E-state index contributed by atoms with van der Waals surface area (Å²) in [5.74, 6) is -0.974. The van der Waals surface area contributed by atoms with Gasteiger partial charge in [-0.3, -0.25) is 48.8 Å². The lowest BCUT2D eigenvalue weighted by Gasteiger charge is -2.07. The number of ketones is 2. The van der Waals surface area contributed by atoms with E-state index in [1.54, 1.807) is 98.0 Å². The smallest absolute Gasteiger partial charge is 0.276 e. The topological polar surface area (TPSA) is 222 Å². The Balaban J connectivity index is 0.000000241. The Morgan fingerprint density at radius 3 is 1.45 bits per heavy atom. The van der Waals surface area contributed by atoms with E-state index in [-0.39, 0.29) is 46.5 Å². The maximum Gasteiger partial charge on any atom is 0.276 e. The van der Waals surface area contributed by atoms with Gasteiger partial charge in [-0.1, -0.05) is 66.8 Å². The Bertz CT molecular complexity index is 3080. The number of carbonyl (C=O) groups excluding carboxylic acids is 2. The standard InChI is InChI=1S/2C24H20N4O4/c1-17-21(24(30)27(26(17)2)20-12-4-3-5-13-20)15-23(29)19(16-25)11-8-10-18-9-6-7-14-22(18)28(31)32;1-17-22(24(30)27(26(17)2)20-9-4-3-5-10-20)15-23(29)19(16-25)8-6-7-18-11-13-21(14-12-18)28(31)32/h2*3-14H,15H2,1-2H3/b10-8+,19-11+;7-6+,19-8+. The summed E-state index contributed by atoms with van der Waals surface area (Å²) < 4.78 is 6.32. The van der Waals surface area contributed by atoms with E-state index in [0.717, 1.165) is 0 Å². The summed E-state index contributed by atoms with van der Waals surface area (Å²) in [4.78, 5) is 72.2. The van der Waals surface area contributed by atoms with Crippen LogP contribution in [0.25, 0.3) is 23.5 Å². The summed E-state index contributed by atoms with van der Waals surface area (Å²) in [6, 6.07) is 33.9. The number of nitriles is 2. The van der Waals surface area contributed by atoms with Crippen LogP contribution in [0.2, 0.25) is 0 Å². The lowest BCUT2D eigenvalue weighted by Crippen LogP contribution is -2.22. The number of para-hydroxylation sites is 3. The van der Waals surface area contributed by atoms with E-state index in [1.807, 2.05) is 48.5 Å². The van der Waals surface area contributed by atoms with Crippen molar-refractivity contribution in [3.8, 4) is 23.5 Å². The second-order valence-electron chi connectivity index (χ2n) is 14.0. The van der Waals surface area contributed by atoms with Crippen LogP contribution in [0.15, 0.2) is 154 Å². The molecule has 0 N–H and O–H groups in total. The van der Waals surface area contributed by atoms with Crippen molar-refractivity contribution < 1.29 is 19.4 Å². The Morgan fingerprint density at radius 1 is 0.609 bits per heavy atom. The van der Waals surface area contributed by atoms with Gasteiger partial charge in [0.05, 0.1) is 37.9 Å². The number of hydrogen-bond acceptors (Lipinski definition) is 10.